The third-order valence-corrected chi connectivity index (χ3v) is 5.40. The molecule has 0 aliphatic carbocycles. The van der Waals surface area contributed by atoms with Crippen LogP contribution in [0, 0.1) is 13.8 Å². The number of aromatic nitrogens is 2. The van der Waals surface area contributed by atoms with Crippen molar-refractivity contribution in [1.29, 1.82) is 0 Å². The Kier molecular flexibility index (Phi) is 5.74. The molecule has 0 atom stereocenters. The van der Waals surface area contributed by atoms with Gasteiger partial charge in [-0.25, -0.2) is 13.1 Å². The van der Waals surface area contributed by atoms with Crippen LogP contribution in [0.5, 0.6) is 0 Å². The quantitative estimate of drug-likeness (QED) is 0.780. The minimum Gasteiger partial charge on any atom is -0.352 e. The standard InChI is InChI=1S/C16H22N4O3S/c1-12-16(13(2)20(3)19-12)24(22,23)18-10-9-15(21)17-11-14-7-5-4-6-8-14/h4-8,18H,9-11H2,1-3H3,(H,17,21). The largest absolute Gasteiger partial charge is 0.352 e. The number of carbonyl (C=O) groups excluding carboxylic acids is 1. The van der Waals surface area contributed by atoms with Gasteiger partial charge >= 0.3 is 0 Å². The highest BCUT2D eigenvalue weighted by Crippen LogP contribution is 2.17. The fourth-order valence-corrected chi connectivity index (χ4v) is 3.86. The van der Waals surface area contributed by atoms with Gasteiger partial charge in [-0.3, -0.25) is 9.48 Å². The van der Waals surface area contributed by atoms with Crippen LogP contribution in [-0.4, -0.2) is 30.7 Å². The number of nitrogens with zero attached hydrogens (tertiary/aromatic N) is 2. The molecule has 7 nitrogen and oxygen atoms in total. The van der Waals surface area contributed by atoms with Crippen molar-refractivity contribution in [2.75, 3.05) is 6.54 Å². The summed E-state index contributed by atoms with van der Waals surface area (Å²) in [5.41, 5.74) is 2.00. The summed E-state index contributed by atoms with van der Waals surface area (Å²) in [6.45, 7) is 3.80. The second-order valence-electron chi connectivity index (χ2n) is 5.53. The number of hydrogen-bond acceptors (Lipinski definition) is 4. The van der Waals surface area contributed by atoms with Gasteiger partial charge in [0.15, 0.2) is 0 Å². The van der Waals surface area contributed by atoms with Crippen LogP contribution in [0.15, 0.2) is 35.2 Å². The minimum absolute atomic E-state index is 0.0384. The van der Waals surface area contributed by atoms with E-state index in [-0.39, 0.29) is 23.8 Å². The molecule has 0 radical (unpaired) electrons. The monoisotopic (exact) mass is 350 g/mol. The van der Waals surface area contributed by atoms with Crippen LogP contribution in [-0.2, 0) is 28.4 Å². The van der Waals surface area contributed by atoms with Crippen LogP contribution in [0.1, 0.15) is 23.4 Å². The molecule has 0 aliphatic rings. The Balaban J connectivity index is 1.85. The predicted molar refractivity (Wildman–Crippen MR) is 90.8 cm³/mol. The smallest absolute Gasteiger partial charge is 0.244 e. The molecule has 2 aromatic rings. The summed E-state index contributed by atoms with van der Waals surface area (Å²) in [5.74, 6) is -0.207. The molecule has 130 valence electrons. The maximum Gasteiger partial charge on any atom is 0.244 e. The van der Waals surface area contributed by atoms with Gasteiger partial charge in [-0.2, -0.15) is 5.10 Å². The van der Waals surface area contributed by atoms with Crippen molar-refractivity contribution in [2.45, 2.75) is 31.7 Å². The summed E-state index contributed by atoms with van der Waals surface area (Å²) in [7, 11) is -1.98. The van der Waals surface area contributed by atoms with Gasteiger partial charge < -0.3 is 5.32 Å². The Bertz CT molecular complexity index is 813. The average molecular weight is 350 g/mol. The van der Waals surface area contributed by atoms with Crippen molar-refractivity contribution in [3.8, 4) is 0 Å². The van der Waals surface area contributed by atoms with Crippen molar-refractivity contribution in [1.82, 2.24) is 19.8 Å². The van der Waals surface area contributed by atoms with Gasteiger partial charge in [0.1, 0.15) is 4.90 Å². The Morgan fingerprint density at radius 2 is 1.88 bits per heavy atom. The van der Waals surface area contributed by atoms with Crippen LogP contribution in [0.3, 0.4) is 0 Å². The molecular formula is C16H22N4O3S. The molecule has 2 N–H and O–H groups in total. The molecule has 0 bridgehead atoms. The number of carbonyl (C=O) groups is 1. The summed E-state index contributed by atoms with van der Waals surface area (Å²) >= 11 is 0. The van der Waals surface area contributed by atoms with Crippen molar-refractivity contribution in [3.05, 3.63) is 47.3 Å². The van der Waals surface area contributed by atoms with E-state index in [0.29, 0.717) is 17.9 Å². The fraction of sp³-hybridized carbons (Fsp3) is 0.375. The molecule has 0 aliphatic heterocycles. The molecular weight excluding hydrogens is 328 g/mol. The van der Waals surface area contributed by atoms with Crippen molar-refractivity contribution < 1.29 is 13.2 Å². The van der Waals surface area contributed by atoms with Crippen LogP contribution in [0.2, 0.25) is 0 Å². The lowest BCUT2D eigenvalue weighted by atomic mass is 10.2. The molecule has 1 amide bonds. The van der Waals surface area contributed by atoms with Gasteiger partial charge in [-0.05, 0) is 19.4 Å². The van der Waals surface area contributed by atoms with E-state index in [1.54, 1.807) is 20.9 Å². The number of nitrogens with one attached hydrogen (secondary N) is 2. The number of sulfonamides is 1. The molecule has 0 fully saturated rings. The zero-order valence-electron chi connectivity index (χ0n) is 14.0. The topological polar surface area (TPSA) is 93.1 Å². The van der Waals surface area contributed by atoms with E-state index >= 15 is 0 Å². The Hall–Kier alpha value is -2.19. The fourth-order valence-electron chi connectivity index (χ4n) is 2.40. The first kappa shape index (κ1) is 18.2. The average Bonchev–Trinajstić information content (AvgIpc) is 2.79. The second-order valence-corrected chi connectivity index (χ2v) is 7.24. The van der Waals surface area contributed by atoms with E-state index in [1.807, 2.05) is 30.3 Å². The first-order valence-corrected chi connectivity index (χ1v) is 9.10. The zero-order chi connectivity index (χ0) is 17.7. The van der Waals surface area contributed by atoms with Gasteiger partial charge in [-0.1, -0.05) is 30.3 Å². The minimum atomic E-state index is -3.68. The normalized spacial score (nSPS) is 11.5. The highest BCUT2D eigenvalue weighted by molar-refractivity contribution is 7.89. The first-order valence-electron chi connectivity index (χ1n) is 7.62. The SMILES string of the molecule is Cc1nn(C)c(C)c1S(=O)(=O)NCCC(=O)NCc1ccccc1. The Morgan fingerprint density at radius 3 is 2.46 bits per heavy atom. The van der Waals surface area contributed by atoms with E-state index in [2.05, 4.69) is 15.1 Å². The van der Waals surface area contributed by atoms with Gasteiger partial charge in [0.05, 0.1) is 11.4 Å². The Labute approximate surface area is 142 Å². The Morgan fingerprint density at radius 1 is 1.21 bits per heavy atom. The molecule has 1 aromatic heterocycles. The molecule has 2 rings (SSSR count). The lowest BCUT2D eigenvalue weighted by molar-refractivity contribution is -0.121. The second kappa shape index (κ2) is 7.59. The lowest BCUT2D eigenvalue weighted by Crippen LogP contribution is -2.31. The van der Waals surface area contributed by atoms with E-state index in [4.69, 9.17) is 0 Å². The predicted octanol–water partition coefficient (Wildman–Crippen LogP) is 1.02. The number of rotatable bonds is 7. The van der Waals surface area contributed by atoms with Gasteiger partial charge in [0, 0.05) is 26.6 Å². The third-order valence-electron chi connectivity index (χ3n) is 3.69. The van der Waals surface area contributed by atoms with E-state index in [1.165, 1.54) is 4.68 Å². The van der Waals surface area contributed by atoms with Gasteiger partial charge in [0.2, 0.25) is 15.9 Å². The van der Waals surface area contributed by atoms with Crippen LogP contribution >= 0.6 is 0 Å². The maximum absolute atomic E-state index is 12.4. The van der Waals surface area contributed by atoms with Gasteiger partial charge in [-0.15, -0.1) is 0 Å². The first-order chi connectivity index (χ1) is 11.3. The highest BCUT2D eigenvalue weighted by atomic mass is 32.2. The molecule has 0 unspecified atom stereocenters. The number of benzene rings is 1. The lowest BCUT2D eigenvalue weighted by Gasteiger charge is -2.08. The van der Waals surface area contributed by atoms with E-state index < -0.39 is 10.0 Å². The van der Waals surface area contributed by atoms with Gasteiger partial charge in [0.25, 0.3) is 0 Å². The molecule has 0 spiro atoms. The number of hydrogen-bond donors (Lipinski definition) is 2. The molecule has 0 saturated heterocycles. The molecule has 1 aromatic carbocycles. The summed E-state index contributed by atoms with van der Waals surface area (Å²) in [4.78, 5) is 12.0. The van der Waals surface area contributed by atoms with E-state index in [9.17, 15) is 13.2 Å². The molecule has 0 saturated carbocycles. The van der Waals surface area contributed by atoms with Crippen molar-refractivity contribution in [3.63, 3.8) is 0 Å². The molecule has 1 heterocycles. The van der Waals surface area contributed by atoms with Crippen molar-refractivity contribution in [2.24, 2.45) is 7.05 Å². The zero-order valence-corrected chi connectivity index (χ0v) is 14.9. The summed E-state index contributed by atoms with van der Waals surface area (Å²) < 4.78 is 28.7. The summed E-state index contributed by atoms with van der Waals surface area (Å²) in [5, 5.41) is 6.86. The molecule has 24 heavy (non-hydrogen) atoms. The summed E-state index contributed by atoms with van der Waals surface area (Å²) in [6.07, 6.45) is 0.0738. The van der Waals surface area contributed by atoms with Crippen molar-refractivity contribution >= 4 is 15.9 Å². The van der Waals surface area contributed by atoms with Crippen LogP contribution < -0.4 is 10.0 Å². The summed E-state index contributed by atoms with van der Waals surface area (Å²) in [6, 6.07) is 9.53. The third kappa shape index (κ3) is 4.42. The highest BCUT2D eigenvalue weighted by Gasteiger charge is 2.23. The molecule has 8 heteroatoms. The number of amides is 1. The maximum atomic E-state index is 12.4. The number of aryl methyl sites for hydroxylation is 2. The van der Waals surface area contributed by atoms with Crippen LogP contribution in [0.4, 0.5) is 0 Å². The van der Waals surface area contributed by atoms with Crippen LogP contribution in [0.25, 0.3) is 0 Å². The van der Waals surface area contributed by atoms with E-state index in [0.717, 1.165) is 5.56 Å².